The number of hydrogen-bond donors (Lipinski definition) is 2. The van der Waals surface area contributed by atoms with Crippen LogP contribution < -0.4 is 15.4 Å². The van der Waals surface area contributed by atoms with Gasteiger partial charge in [-0.05, 0) is 13.3 Å². The monoisotopic (exact) mass is 237 g/mol. The molecule has 0 radical (unpaired) electrons. The third-order valence-corrected chi connectivity index (χ3v) is 2.81. The Morgan fingerprint density at radius 2 is 2.35 bits per heavy atom. The lowest BCUT2D eigenvalue weighted by atomic mass is 10.2. The van der Waals surface area contributed by atoms with E-state index in [0.717, 1.165) is 42.6 Å². The van der Waals surface area contributed by atoms with Crippen LogP contribution in [0, 0.1) is 6.92 Å². The summed E-state index contributed by atoms with van der Waals surface area (Å²) in [4.78, 5) is 4.36. The van der Waals surface area contributed by atoms with E-state index in [0.29, 0.717) is 6.54 Å². The highest BCUT2D eigenvalue weighted by Crippen LogP contribution is 2.20. The Balaban J connectivity index is 2.05. The quantitative estimate of drug-likeness (QED) is 0.787. The fourth-order valence-electron chi connectivity index (χ4n) is 1.96. The Hall–Kier alpha value is -1.72. The number of ether oxygens (including phenoxy) is 1. The smallest absolute Gasteiger partial charge is 0.216 e. The second-order valence-corrected chi connectivity index (χ2v) is 4.06. The van der Waals surface area contributed by atoms with Gasteiger partial charge in [0.2, 0.25) is 5.88 Å². The van der Waals surface area contributed by atoms with Crippen molar-refractivity contribution >= 4 is 5.96 Å². The lowest BCUT2D eigenvalue weighted by molar-refractivity contribution is 0.369. The molecule has 0 amide bonds. The van der Waals surface area contributed by atoms with Gasteiger partial charge in [0, 0.05) is 20.1 Å². The molecule has 94 valence electrons. The van der Waals surface area contributed by atoms with Crippen molar-refractivity contribution in [1.82, 2.24) is 20.4 Å². The summed E-state index contributed by atoms with van der Waals surface area (Å²) in [5.74, 6) is 1.66. The number of methoxy groups -OCH3 is 1. The number of aliphatic imine (C=N–C) groups is 1. The summed E-state index contributed by atoms with van der Waals surface area (Å²) in [6, 6.07) is 0. The van der Waals surface area contributed by atoms with Crippen molar-refractivity contribution in [1.29, 1.82) is 0 Å². The van der Waals surface area contributed by atoms with Gasteiger partial charge in [0.05, 0.1) is 24.9 Å². The topological polar surface area (TPSA) is 63.5 Å². The molecule has 0 aromatic carbocycles. The summed E-state index contributed by atoms with van der Waals surface area (Å²) in [6.07, 6.45) is 1.10. The molecule has 0 aliphatic carbocycles. The van der Waals surface area contributed by atoms with Gasteiger partial charge in [0.25, 0.3) is 0 Å². The van der Waals surface area contributed by atoms with Crippen LogP contribution in [0.1, 0.15) is 17.7 Å². The summed E-state index contributed by atoms with van der Waals surface area (Å²) in [5, 5.41) is 10.8. The zero-order valence-electron chi connectivity index (χ0n) is 10.6. The summed E-state index contributed by atoms with van der Waals surface area (Å²) in [5.41, 5.74) is 2.05. The van der Waals surface area contributed by atoms with Crippen molar-refractivity contribution in [3.8, 4) is 5.88 Å². The van der Waals surface area contributed by atoms with Crippen LogP contribution in [0.5, 0.6) is 5.88 Å². The van der Waals surface area contributed by atoms with Gasteiger partial charge in [0.15, 0.2) is 5.96 Å². The molecule has 0 saturated heterocycles. The standard InChI is InChI=1S/C11H19N5O/c1-8-9(10(17-3)16(2)15-8)7-14-11-12-5-4-6-13-11/h4-7H2,1-3H3,(H2,12,13,14). The summed E-state index contributed by atoms with van der Waals surface area (Å²) < 4.78 is 7.09. The number of aromatic nitrogens is 2. The van der Waals surface area contributed by atoms with Crippen LogP contribution in [0.25, 0.3) is 0 Å². The van der Waals surface area contributed by atoms with Gasteiger partial charge in [-0.3, -0.25) is 4.99 Å². The normalized spacial score (nSPS) is 15.1. The van der Waals surface area contributed by atoms with E-state index < -0.39 is 0 Å². The number of nitrogens with zero attached hydrogens (tertiary/aromatic N) is 3. The van der Waals surface area contributed by atoms with E-state index in [1.54, 1.807) is 11.8 Å². The van der Waals surface area contributed by atoms with Crippen LogP contribution in [0.4, 0.5) is 0 Å². The third-order valence-electron chi connectivity index (χ3n) is 2.81. The molecule has 0 bridgehead atoms. The van der Waals surface area contributed by atoms with E-state index >= 15 is 0 Å². The molecular weight excluding hydrogens is 218 g/mol. The van der Waals surface area contributed by atoms with E-state index in [9.17, 15) is 0 Å². The maximum Gasteiger partial charge on any atom is 0.216 e. The highest BCUT2D eigenvalue weighted by molar-refractivity contribution is 5.80. The maximum absolute atomic E-state index is 5.34. The van der Waals surface area contributed by atoms with E-state index in [4.69, 9.17) is 4.74 Å². The first-order chi connectivity index (χ1) is 8.22. The highest BCUT2D eigenvalue weighted by Gasteiger charge is 2.14. The van der Waals surface area contributed by atoms with Crippen LogP contribution in [-0.4, -0.2) is 35.9 Å². The molecule has 1 aliphatic heterocycles. The minimum Gasteiger partial charge on any atom is -0.481 e. The number of nitrogens with one attached hydrogen (secondary N) is 2. The maximum atomic E-state index is 5.34. The number of rotatable bonds is 3. The fourth-order valence-corrected chi connectivity index (χ4v) is 1.96. The molecule has 0 saturated carbocycles. The number of guanidine groups is 1. The van der Waals surface area contributed by atoms with Gasteiger partial charge in [-0.15, -0.1) is 0 Å². The Bertz CT molecular complexity index is 424. The van der Waals surface area contributed by atoms with Crippen molar-refractivity contribution in [3.63, 3.8) is 0 Å². The third kappa shape index (κ3) is 2.51. The van der Waals surface area contributed by atoms with Gasteiger partial charge < -0.3 is 15.4 Å². The van der Waals surface area contributed by atoms with Crippen LogP contribution in [-0.2, 0) is 13.6 Å². The van der Waals surface area contributed by atoms with Crippen LogP contribution in [0.2, 0.25) is 0 Å². The molecule has 2 rings (SSSR count). The molecule has 0 unspecified atom stereocenters. The Kier molecular flexibility index (Phi) is 3.51. The first kappa shape index (κ1) is 11.8. The second kappa shape index (κ2) is 5.07. The zero-order valence-corrected chi connectivity index (χ0v) is 10.6. The molecule has 1 aromatic rings. The molecule has 0 fully saturated rings. The van der Waals surface area contributed by atoms with E-state index in [-0.39, 0.29) is 0 Å². The largest absolute Gasteiger partial charge is 0.481 e. The lowest BCUT2D eigenvalue weighted by Gasteiger charge is -2.16. The molecule has 2 N–H and O–H groups in total. The molecule has 6 nitrogen and oxygen atoms in total. The first-order valence-corrected chi connectivity index (χ1v) is 5.81. The van der Waals surface area contributed by atoms with E-state index in [2.05, 4.69) is 20.7 Å². The average molecular weight is 237 g/mol. The molecular formula is C11H19N5O. The molecule has 1 aliphatic rings. The first-order valence-electron chi connectivity index (χ1n) is 5.81. The average Bonchev–Trinajstić information content (AvgIpc) is 2.62. The fraction of sp³-hybridized carbons (Fsp3) is 0.636. The summed E-state index contributed by atoms with van der Waals surface area (Å²) in [6.45, 7) is 4.53. The van der Waals surface area contributed by atoms with Crippen LogP contribution in [0.3, 0.4) is 0 Å². The van der Waals surface area contributed by atoms with Gasteiger partial charge in [-0.1, -0.05) is 0 Å². The zero-order chi connectivity index (χ0) is 12.3. The number of aryl methyl sites for hydroxylation is 2. The Labute approximate surface area is 101 Å². The van der Waals surface area contributed by atoms with Crippen molar-refractivity contribution < 1.29 is 4.74 Å². The molecule has 2 heterocycles. The Morgan fingerprint density at radius 1 is 1.53 bits per heavy atom. The van der Waals surface area contributed by atoms with Crippen LogP contribution >= 0.6 is 0 Å². The van der Waals surface area contributed by atoms with Gasteiger partial charge in [-0.25, -0.2) is 4.68 Å². The molecule has 6 heteroatoms. The summed E-state index contributed by atoms with van der Waals surface area (Å²) >= 11 is 0. The van der Waals surface area contributed by atoms with E-state index in [1.165, 1.54) is 0 Å². The Morgan fingerprint density at radius 3 is 3.00 bits per heavy atom. The van der Waals surface area contributed by atoms with Gasteiger partial charge >= 0.3 is 0 Å². The molecule has 17 heavy (non-hydrogen) atoms. The predicted octanol–water partition coefficient (Wildman–Crippen LogP) is 0.176. The SMILES string of the molecule is COc1c(CNC2=NCCCN2)c(C)nn1C. The van der Waals surface area contributed by atoms with Crippen molar-refractivity contribution in [2.75, 3.05) is 20.2 Å². The highest BCUT2D eigenvalue weighted by atomic mass is 16.5. The van der Waals surface area contributed by atoms with Crippen molar-refractivity contribution in [2.24, 2.45) is 12.0 Å². The predicted molar refractivity (Wildman–Crippen MR) is 66.3 cm³/mol. The van der Waals surface area contributed by atoms with E-state index in [1.807, 2.05) is 14.0 Å². The minimum atomic E-state index is 0.675. The minimum absolute atomic E-state index is 0.675. The molecule has 0 atom stereocenters. The van der Waals surface area contributed by atoms with Crippen LogP contribution in [0.15, 0.2) is 4.99 Å². The second-order valence-electron chi connectivity index (χ2n) is 4.06. The lowest BCUT2D eigenvalue weighted by Crippen LogP contribution is -2.40. The van der Waals surface area contributed by atoms with Gasteiger partial charge in [0.1, 0.15) is 0 Å². The molecule has 1 aromatic heterocycles. The van der Waals surface area contributed by atoms with Crippen molar-refractivity contribution in [2.45, 2.75) is 19.9 Å². The number of hydrogen-bond acceptors (Lipinski definition) is 5. The van der Waals surface area contributed by atoms with Gasteiger partial charge in [-0.2, -0.15) is 5.10 Å². The van der Waals surface area contributed by atoms with Crippen molar-refractivity contribution in [3.05, 3.63) is 11.3 Å². The molecule has 0 spiro atoms. The summed E-state index contributed by atoms with van der Waals surface area (Å²) in [7, 11) is 3.54.